The van der Waals surface area contributed by atoms with Crippen molar-refractivity contribution in [3.05, 3.63) is 33.8 Å². The molecule has 1 aliphatic heterocycles. The molecule has 1 aliphatic rings. The highest BCUT2D eigenvalue weighted by Crippen LogP contribution is 2.45. The Balaban J connectivity index is 1.88. The van der Waals surface area contributed by atoms with Gasteiger partial charge in [0.25, 0.3) is 0 Å². The number of fused-ring (bicyclic) bond motifs is 1. The number of carboxylic acids is 1. The highest BCUT2D eigenvalue weighted by molar-refractivity contribution is 9.10. The van der Waals surface area contributed by atoms with E-state index in [4.69, 9.17) is 10.1 Å². The third-order valence-corrected chi connectivity index (χ3v) is 7.50. The number of rotatable bonds is 8. The Hall–Kier alpha value is -2.94. The number of nitrogens with one attached hydrogen (secondary N) is 3. The van der Waals surface area contributed by atoms with Crippen LogP contribution in [0.5, 0.6) is 0 Å². The molecule has 0 radical (unpaired) electrons. The zero-order chi connectivity index (χ0) is 25.3. The van der Waals surface area contributed by atoms with Crippen molar-refractivity contribution in [2.24, 2.45) is 5.92 Å². The number of piperidine rings is 1. The molecule has 0 bridgehead atoms. The Morgan fingerprint density at radius 3 is 2.29 bits per heavy atom. The van der Waals surface area contributed by atoms with Gasteiger partial charge in [-0.05, 0) is 62.3 Å². The van der Waals surface area contributed by atoms with Gasteiger partial charge in [0.15, 0.2) is 5.65 Å². The summed E-state index contributed by atoms with van der Waals surface area (Å²) in [6.45, 7) is 6.04. The lowest BCUT2D eigenvalue weighted by Gasteiger charge is -2.34. The maximum atomic E-state index is 11.0. The van der Waals surface area contributed by atoms with Gasteiger partial charge >= 0.3 is 5.97 Å². The largest absolute Gasteiger partial charge is 0.481 e. The highest BCUT2D eigenvalue weighted by atomic mass is 79.9. The summed E-state index contributed by atoms with van der Waals surface area (Å²) < 4.78 is 3.28. The number of aromatic nitrogens is 2. The zero-order valence-corrected chi connectivity index (χ0v) is 22.7. The lowest BCUT2D eigenvalue weighted by Crippen LogP contribution is -2.34. The molecule has 0 saturated carbocycles. The monoisotopic (exact) mass is 542 g/mol. The van der Waals surface area contributed by atoms with Gasteiger partial charge in [0.2, 0.25) is 0 Å². The van der Waals surface area contributed by atoms with Crippen LogP contribution in [-0.2, 0) is 4.79 Å². The standard InChI is InChI=1S/C26H35BrN6O2/c1-15-12-18(27)13-16(2)24(15)33-25-22(23(29-4)26(33)30-5)19(14-20(28-3)31-25)32-10-8-17(9-11-32)6-7-21(34)35/h12-14,17,29-30H,6-11H2,1-5H3,(H,28,31)(H,34,35). The summed E-state index contributed by atoms with van der Waals surface area (Å²) in [4.78, 5) is 18.5. The first-order valence-electron chi connectivity index (χ1n) is 12.2. The molecule has 0 atom stereocenters. The first-order valence-corrected chi connectivity index (χ1v) is 12.9. The number of benzene rings is 1. The minimum Gasteiger partial charge on any atom is -0.481 e. The quantitative estimate of drug-likeness (QED) is 0.293. The van der Waals surface area contributed by atoms with Crippen molar-refractivity contribution in [3.63, 3.8) is 0 Å². The molecule has 35 heavy (non-hydrogen) atoms. The normalized spacial score (nSPS) is 14.4. The van der Waals surface area contributed by atoms with Gasteiger partial charge in [-0.1, -0.05) is 15.9 Å². The van der Waals surface area contributed by atoms with Gasteiger partial charge in [0, 0.05) is 51.2 Å². The molecule has 188 valence electrons. The van der Waals surface area contributed by atoms with Crippen LogP contribution in [0.2, 0.25) is 0 Å². The van der Waals surface area contributed by atoms with E-state index in [2.05, 4.69) is 73.4 Å². The first-order chi connectivity index (χ1) is 16.8. The van der Waals surface area contributed by atoms with Crippen molar-refractivity contribution in [1.29, 1.82) is 0 Å². The number of hydrogen-bond acceptors (Lipinski definition) is 6. The molecule has 0 aliphatic carbocycles. The minimum absolute atomic E-state index is 0.248. The summed E-state index contributed by atoms with van der Waals surface area (Å²) in [6.07, 6.45) is 2.98. The van der Waals surface area contributed by atoms with E-state index in [0.717, 1.165) is 87.7 Å². The molecule has 4 N–H and O–H groups in total. The smallest absolute Gasteiger partial charge is 0.303 e. The van der Waals surface area contributed by atoms with Crippen LogP contribution in [0.3, 0.4) is 0 Å². The van der Waals surface area contributed by atoms with E-state index in [9.17, 15) is 4.79 Å². The number of carbonyl (C=O) groups is 1. The van der Waals surface area contributed by atoms with E-state index in [1.807, 2.05) is 21.1 Å². The zero-order valence-electron chi connectivity index (χ0n) is 21.1. The Labute approximate surface area is 215 Å². The van der Waals surface area contributed by atoms with Crippen molar-refractivity contribution in [2.75, 3.05) is 55.1 Å². The Kier molecular flexibility index (Phi) is 7.44. The maximum Gasteiger partial charge on any atom is 0.303 e. The molecule has 3 heterocycles. The summed E-state index contributed by atoms with van der Waals surface area (Å²) >= 11 is 3.63. The van der Waals surface area contributed by atoms with Gasteiger partial charge in [-0.3, -0.25) is 9.36 Å². The molecule has 0 unspecified atom stereocenters. The van der Waals surface area contributed by atoms with E-state index in [1.165, 1.54) is 0 Å². The van der Waals surface area contributed by atoms with Crippen molar-refractivity contribution >= 4 is 55.9 Å². The second kappa shape index (κ2) is 10.4. The second-order valence-corrected chi connectivity index (χ2v) is 10.2. The lowest BCUT2D eigenvalue weighted by atomic mass is 9.92. The molecule has 2 aromatic heterocycles. The van der Waals surface area contributed by atoms with E-state index >= 15 is 0 Å². The van der Waals surface area contributed by atoms with Crippen LogP contribution in [0.15, 0.2) is 22.7 Å². The van der Waals surface area contributed by atoms with E-state index in [0.29, 0.717) is 5.92 Å². The molecule has 8 nitrogen and oxygen atoms in total. The molecule has 1 aromatic carbocycles. The molecule has 9 heteroatoms. The molecule has 3 aromatic rings. The van der Waals surface area contributed by atoms with Gasteiger partial charge in [-0.25, -0.2) is 4.98 Å². The van der Waals surface area contributed by atoms with Crippen molar-refractivity contribution in [2.45, 2.75) is 39.5 Å². The first kappa shape index (κ1) is 25.2. The van der Waals surface area contributed by atoms with Gasteiger partial charge in [0.1, 0.15) is 11.6 Å². The van der Waals surface area contributed by atoms with Crippen LogP contribution in [0, 0.1) is 19.8 Å². The fourth-order valence-corrected chi connectivity index (χ4v) is 6.06. The van der Waals surface area contributed by atoms with Gasteiger partial charge < -0.3 is 26.0 Å². The number of carboxylic acid groups (broad SMARTS) is 1. The number of pyridine rings is 1. The fraction of sp³-hybridized carbons (Fsp3) is 0.462. The molecular formula is C26H35BrN6O2. The van der Waals surface area contributed by atoms with Crippen LogP contribution >= 0.6 is 15.9 Å². The number of aryl methyl sites for hydroxylation is 2. The van der Waals surface area contributed by atoms with Crippen molar-refractivity contribution in [1.82, 2.24) is 9.55 Å². The molecule has 0 amide bonds. The maximum absolute atomic E-state index is 11.0. The predicted octanol–water partition coefficient (Wildman–Crippen LogP) is 5.61. The average molecular weight is 544 g/mol. The highest BCUT2D eigenvalue weighted by Gasteiger charge is 2.28. The molecule has 4 rings (SSSR count). The SMILES string of the molecule is CNc1cc(N2CCC(CCC(=O)O)CC2)c2c(NC)c(NC)n(-c3c(C)cc(Br)cc3C)c2n1. The van der Waals surface area contributed by atoms with Gasteiger partial charge in [0.05, 0.1) is 22.4 Å². The number of anilines is 4. The van der Waals surface area contributed by atoms with Gasteiger partial charge in [-0.2, -0.15) is 0 Å². The summed E-state index contributed by atoms with van der Waals surface area (Å²) in [5, 5.41) is 20.3. The Morgan fingerprint density at radius 1 is 1.09 bits per heavy atom. The van der Waals surface area contributed by atoms with Crippen LogP contribution in [0.25, 0.3) is 16.7 Å². The topological polar surface area (TPSA) is 94.5 Å². The third kappa shape index (κ3) is 4.78. The lowest BCUT2D eigenvalue weighted by molar-refractivity contribution is -0.137. The van der Waals surface area contributed by atoms with Gasteiger partial charge in [-0.15, -0.1) is 0 Å². The Morgan fingerprint density at radius 2 is 1.74 bits per heavy atom. The fourth-order valence-electron chi connectivity index (χ4n) is 5.38. The van der Waals surface area contributed by atoms with E-state index in [-0.39, 0.29) is 6.42 Å². The number of hydrogen-bond donors (Lipinski definition) is 4. The number of nitrogens with zero attached hydrogens (tertiary/aromatic N) is 3. The molecular weight excluding hydrogens is 508 g/mol. The van der Waals surface area contributed by atoms with E-state index in [1.54, 1.807) is 0 Å². The van der Waals surface area contributed by atoms with Crippen molar-refractivity contribution in [3.8, 4) is 5.69 Å². The minimum atomic E-state index is -0.708. The summed E-state index contributed by atoms with van der Waals surface area (Å²) in [7, 11) is 5.80. The number of halogens is 1. The average Bonchev–Trinajstić information content (AvgIpc) is 3.15. The molecule has 1 saturated heterocycles. The van der Waals surface area contributed by atoms with Crippen LogP contribution < -0.4 is 20.9 Å². The predicted molar refractivity (Wildman–Crippen MR) is 149 cm³/mol. The van der Waals surface area contributed by atoms with Crippen LogP contribution in [0.4, 0.5) is 23.0 Å². The third-order valence-electron chi connectivity index (χ3n) is 7.05. The molecule has 0 spiro atoms. The molecule has 1 fully saturated rings. The van der Waals surface area contributed by atoms with Crippen LogP contribution in [-0.4, -0.2) is 54.9 Å². The summed E-state index contributed by atoms with van der Waals surface area (Å²) in [5.74, 6) is 1.53. The van der Waals surface area contributed by atoms with Crippen LogP contribution in [0.1, 0.15) is 36.8 Å². The summed E-state index contributed by atoms with van der Waals surface area (Å²) in [5.41, 5.74) is 6.48. The Bertz CT molecular complexity index is 1220. The second-order valence-electron chi connectivity index (χ2n) is 9.29. The number of aliphatic carboxylic acids is 1. The van der Waals surface area contributed by atoms with E-state index < -0.39 is 5.97 Å². The summed E-state index contributed by atoms with van der Waals surface area (Å²) in [6, 6.07) is 6.40. The van der Waals surface area contributed by atoms with Crippen molar-refractivity contribution < 1.29 is 9.90 Å².